The second-order valence-electron chi connectivity index (χ2n) is 5.21. The molecule has 1 amide bonds. The Morgan fingerprint density at radius 3 is 2.81 bits per heavy atom. The summed E-state index contributed by atoms with van der Waals surface area (Å²) < 4.78 is 1.29. The van der Waals surface area contributed by atoms with Gasteiger partial charge in [0.15, 0.2) is 0 Å². The smallest absolute Gasteiger partial charge is 0.308 e. The average Bonchev–Trinajstić information content (AvgIpc) is 2.95. The van der Waals surface area contributed by atoms with Gasteiger partial charge in [-0.1, -0.05) is 13.3 Å². The minimum atomic E-state index is -0.883. The first-order chi connectivity index (χ1) is 10.0. The van der Waals surface area contributed by atoms with Crippen LogP contribution in [0.3, 0.4) is 0 Å². The zero-order chi connectivity index (χ0) is 15.4. The van der Waals surface area contributed by atoms with Gasteiger partial charge in [-0.25, -0.2) is 4.68 Å². The van der Waals surface area contributed by atoms with Crippen molar-refractivity contribution in [3.8, 4) is 0 Å². The van der Waals surface area contributed by atoms with E-state index in [1.807, 2.05) is 6.92 Å². The Morgan fingerprint density at radius 1 is 1.43 bits per heavy atom. The summed E-state index contributed by atoms with van der Waals surface area (Å²) in [5.74, 6) is -1.71. The minimum absolute atomic E-state index is 0.191. The Labute approximate surface area is 122 Å². The normalized spacial score (nSPS) is 18.0. The van der Waals surface area contributed by atoms with Gasteiger partial charge in [0, 0.05) is 25.7 Å². The van der Waals surface area contributed by atoms with E-state index in [9.17, 15) is 14.4 Å². The van der Waals surface area contributed by atoms with E-state index >= 15 is 0 Å². The van der Waals surface area contributed by atoms with Crippen LogP contribution in [0.15, 0.2) is 16.9 Å². The summed E-state index contributed by atoms with van der Waals surface area (Å²) in [6, 6.07) is 2.74. The molecule has 2 heterocycles. The Hall–Kier alpha value is -2.18. The first kappa shape index (κ1) is 15.2. The predicted molar refractivity (Wildman–Crippen MR) is 75.1 cm³/mol. The van der Waals surface area contributed by atoms with Crippen molar-refractivity contribution in [2.24, 2.45) is 5.92 Å². The lowest BCUT2D eigenvalue weighted by atomic mass is 10.1. The second kappa shape index (κ2) is 6.51. The number of aryl methyl sites for hydroxylation is 1. The molecule has 0 spiro atoms. The number of amides is 1. The number of nitrogens with zero attached hydrogens (tertiary/aromatic N) is 3. The van der Waals surface area contributed by atoms with Crippen LogP contribution in [0.1, 0.15) is 36.7 Å². The standard InChI is InChI=1S/C14H19N3O4/c1-2-3-7-17-12(18)5-4-11(15-17)13(19)16-8-6-10(9-16)14(20)21/h4-5,10H,2-3,6-9H2,1H3,(H,20,21). The number of likely N-dealkylation sites (tertiary alicyclic amines) is 1. The average molecular weight is 293 g/mol. The summed E-state index contributed by atoms with van der Waals surface area (Å²) in [4.78, 5) is 36.4. The topological polar surface area (TPSA) is 92.5 Å². The van der Waals surface area contributed by atoms with Crippen molar-refractivity contribution in [2.45, 2.75) is 32.7 Å². The molecule has 7 nitrogen and oxygen atoms in total. The molecule has 0 aliphatic carbocycles. The molecular formula is C14H19N3O4. The molecular weight excluding hydrogens is 274 g/mol. The Kier molecular flexibility index (Phi) is 4.72. The molecule has 0 aromatic carbocycles. The number of aromatic nitrogens is 2. The van der Waals surface area contributed by atoms with Gasteiger partial charge in [-0.2, -0.15) is 5.10 Å². The maximum absolute atomic E-state index is 12.3. The third-order valence-electron chi connectivity index (χ3n) is 3.63. The molecule has 21 heavy (non-hydrogen) atoms. The summed E-state index contributed by atoms with van der Waals surface area (Å²) >= 11 is 0. The summed E-state index contributed by atoms with van der Waals surface area (Å²) in [5, 5.41) is 13.1. The van der Waals surface area contributed by atoms with Crippen LogP contribution in [-0.2, 0) is 11.3 Å². The molecule has 1 aromatic heterocycles. The number of carboxylic acids is 1. The van der Waals surface area contributed by atoms with Crippen LogP contribution in [0.4, 0.5) is 0 Å². The van der Waals surface area contributed by atoms with Crippen LogP contribution in [0, 0.1) is 5.92 Å². The monoisotopic (exact) mass is 293 g/mol. The third-order valence-corrected chi connectivity index (χ3v) is 3.63. The lowest BCUT2D eigenvalue weighted by Gasteiger charge is -2.15. The number of hydrogen-bond donors (Lipinski definition) is 1. The first-order valence-corrected chi connectivity index (χ1v) is 7.13. The van der Waals surface area contributed by atoms with Crippen LogP contribution in [0.5, 0.6) is 0 Å². The number of unbranched alkanes of at least 4 members (excludes halogenated alkanes) is 1. The second-order valence-corrected chi connectivity index (χ2v) is 5.21. The molecule has 0 radical (unpaired) electrons. The van der Waals surface area contributed by atoms with Crippen LogP contribution >= 0.6 is 0 Å². The van der Waals surface area contributed by atoms with Gasteiger partial charge in [-0.15, -0.1) is 0 Å². The maximum atomic E-state index is 12.3. The van der Waals surface area contributed by atoms with Crippen molar-refractivity contribution >= 4 is 11.9 Å². The Morgan fingerprint density at radius 2 is 2.19 bits per heavy atom. The van der Waals surface area contributed by atoms with Crippen molar-refractivity contribution in [3.63, 3.8) is 0 Å². The lowest BCUT2D eigenvalue weighted by molar-refractivity contribution is -0.141. The van der Waals surface area contributed by atoms with Gasteiger partial charge < -0.3 is 10.0 Å². The summed E-state index contributed by atoms with van der Waals surface area (Å²) in [5.41, 5.74) is -0.0402. The van der Waals surface area contributed by atoms with Crippen molar-refractivity contribution in [2.75, 3.05) is 13.1 Å². The molecule has 1 atom stereocenters. The summed E-state index contributed by atoms with van der Waals surface area (Å²) in [6.07, 6.45) is 2.20. The molecule has 1 aliphatic heterocycles. The minimum Gasteiger partial charge on any atom is -0.481 e. The molecule has 1 aliphatic rings. The fraction of sp³-hybridized carbons (Fsp3) is 0.571. The van der Waals surface area contributed by atoms with Crippen LogP contribution in [-0.4, -0.2) is 44.8 Å². The largest absolute Gasteiger partial charge is 0.481 e. The highest BCUT2D eigenvalue weighted by Gasteiger charge is 2.31. The predicted octanol–water partition coefficient (Wildman–Crippen LogP) is 0.590. The van der Waals surface area contributed by atoms with E-state index in [0.29, 0.717) is 19.5 Å². The molecule has 2 rings (SSSR count). The maximum Gasteiger partial charge on any atom is 0.308 e. The van der Waals surface area contributed by atoms with Crippen molar-refractivity contribution in [1.29, 1.82) is 0 Å². The van der Waals surface area contributed by atoms with Gasteiger partial charge in [0.1, 0.15) is 5.69 Å². The molecule has 1 N–H and O–H groups in total. The van der Waals surface area contributed by atoms with E-state index in [4.69, 9.17) is 5.11 Å². The van der Waals surface area contributed by atoms with Gasteiger partial charge >= 0.3 is 5.97 Å². The lowest BCUT2D eigenvalue weighted by Crippen LogP contribution is -2.33. The van der Waals surface area contributed by atoms with Gasteiger partial charge in [-0.05, 0) is 18.9 Å². The van der Waals surface area contributed by atoms with Crippen molar-refractivity contribution in [3.05, 3.63) is 28.2 Å². The fourth-order valence-electron chi connectivity index (χ4n) is 2.34. The fourth-order valence-corrected chi connectivity index (χ4v) is 2.34. The highest BCUT2D eigenvalue weighted by Crippen LogP contribution is 2.18. The summed E-state index contributed by atoms with van der Waals surface area (Å²) in [6.45, 7) is 3.10. The van der Waals surface area contributed by atoms with E-state index < -0.39 is 11.9 Å². The van der Waals surface area contributed by atoms with E-state index in [1.165, 1.54) is 21.7 Å². The summed E-state index contributed by atoms with van der Waals surface area (Å²) in [7, 11) is 0. The highest BCUT2D eigenvalue weighted by atomic mass is 16.4. The zero-order valence-electron chi connectivity index (χ0n) is 12.0. The van der Waals surface area contributed by atoms with Gasteiger partial charge in [0.25, 0.3) is 11.5 Å². The number of carbonyl (C=O) groups excluding carboxylic acids is 1. The van der Waals surface area contributed by atoms with E-state index in [-0.39, 0.29) is 23.7 Å². The SMILES string of the molecule is CCCCn1nc(C(=O)N2CCC(C(=O)O)C2)ccc1=O. The molecule has 114 valence electrons. The number of rotatable bonds is 5. The number of carboxylic acid groups (broad SMARTS) is 1. The molecule has 1 aromatic rings. The quantitative estimate of drug-likeness (QED) is 0.857. The van der Waals surface area contributed by atoms with E-state index in [0.717, 1.165) is 12.8 Å². The van der Waals surface area contributed by atoms with E-state index in [2.05, 4.69) is 5.10 Å². The Bertz CT molecular complexity index is 596. The molecule has 7 heteroatoms. The molecule has 1 fully saturated rings. The van der Waals surface area contributed by atoms with Gasteiger partial charge in [0.2, 0.25) is 0 Å². The van der Waals surface area contributed by atoms with E-state index in [1.54, 1.807) is 0 Å². The van der Waals surface area contributed by atoms with Gasteiger partial charge in [0.05, 0.1) is 5.92 Å². The molecule has 1 saturated heterocycles. The zero-order valence-corrected chi connectivity index (χ0v) is 12.0. The molecule has 1 unspecified atom stereocenters. The van der Waals surface area contributed by atoms with Crippen LogP contribution in [0.25, 0.3) is 0 Å². The van der Waals surface area contributed by atoms with Crippen LogP contribution < -0.4 is 5.56 Å². The van der Waals surface area contributed by atoms with Crippen molar-refractivity contribution < 1.29 is 14.7 Å². The third kappa shape index (κ3) is 3.48. The van der Waals surface area contributed by atoms with Crippen LogP contribution in [0.2, 0.25) is 0 Å². The highest BCUT2D eigenvalue weighted by molar-refractivity contribution is 5.92. The van der Waals surface area contributed by atoms with Crippen molar-refractivity contribution in [1.82, 2.24) is 14.7 Å². The number of aliphatic carboxylic acids is 1. The number of carbonyl (C=O) groups is 2. The first-order valence-electron chi connectivity index (χ1n) is 7.13. The number of hydrogen-bond acceptors (Lipinski definition) is 4. The molecule has 0 saturated carbocycles. The van der Waals surface area contributed by atoms with Gasteiger partial charge in [-0.3, -0.25) is 14.4 Å². The molecule has 0 bridgehead atoms. The Balaban J connectivity index is 2.13.